The predicted octanol–water partition coefficient (Wildman–Crippen LogP) is 4.75. The fourth-order valence-electron chi connectivity index (χ4n) is 5.08. The van der Waals surface area contributed by atoms with E-state index in [-0.39, 0.29) is 22.7 Å². The normalized spacial score (nSPS) is 24.1. The van der Waals surface area contributed by atoms with Crippen LogP contribution in [0.2, 0.25) is 0 Å². The molecular weight excluding hydrogens is 380 g/mol. The van der Waals surface area contributed by atoms with Gasteiger partial charge in [0.2, 0.25) is 0 Å². The van der Waals surface area contributed by atoms with Crippen molar-refractivity contribution < 1.29 is 14.5 Å². The van der Waals surface area contributed by atoms with E-state index in [4.69, 9.17) is 4.99 Å². The molecule has 2 aromatic rings. The van der Waals surface area contributed by atoms with Crippen molar-refractivity contribution in [1.29, 1.82) is 0 Å². The number of ketones is 2. The lowest BCUT2D eigenvalue weighted by Gasteiger charge is -2.40. The molecule has 0 amide bonds. The topological polar surface area (TPSA) is 89.6 Å². The molecule has 1 aliphatic heterocycles. The van der Waals surface area contributed by atoms with E-state index in [9.17, 15) is 19.7 Å². The number of rotatable bonds is 2. The van der Waals surface area contributed by atoms with Crippen molar-refractivity contribution in [3.05, 3.63) is 80.9 Å². The molecule has 30 heavy (non-hydrogen) atoms. The van der Waals surface area contributed by atoms with Crippen molar-refractivity contribution in [1.82, 2.24) is 0 Å². The number of aliphatic imine (C=N–C) groups is 1. The van der Waals surface area contributed by atoms with Gasteiger partial charge in [-0.15, -0.1) is 0 Å². The minimum atomic E-state index is -0.503. The van der Waals surface area contributed by atoms with E-state index in [1.54, 1.807) is 18.2 Å². The average Bonchev–Trinajstić information content (AvgIpc) is 2.98. The van der Waals surface area contributed by atoms with Gasteiger partial charge in [0.15, 0.2) is 5.78 Å². The zero-order chi connectivity index (χ0) is 21.2. The minimum Gasteiger partial charge on any atom is -0.299 e. The Balaban J connectivity index is 1.72. The number of carbonyl (C=O) groups is 2. The molecule has 0 aromatic heterocycles. The number of fused-ring (bicyclic) bond motifs is 3. The second-order valence-electron chi connectivity index (χ2n) is 9.03. The Morgan fingerprint density at radius 1 is 0.967 bits per heavy atom. The lowest BCUT2D eigenvalue weighted by Crippen LogP contribution is -2.43. The summed E-state index contributed by atoms with van der Waals surface area (Å²) in [6.45, 7) is 4.12. The van der Waals surface area contributed by atoms with Gasteiger partial charge in [0.25, 0.3) is 5.69 Å². The predicted molar refractivity (Wildman–Crippen MR) is 112 cm³/mol. The second-order valence-corrected chi connectivity index (χ2v) is 9.03. The van der Waals surface area contributed by atoms with Gasteiger partial charge in [-0.05, 0) is 17.4 Å². The lowest BCUT2D eigenvalue weighted by atomic mass is 9.63. The monoisotopic (exact) mass is 400 g/mol. The molecule has 0 saturated heterocycles. The van der Waals surface area contributed by atoms with Gasteiger partial charge in [-0.1, -0.05) is 50.2 Å². The van der Waals surface area contributed by atoms with E-state index in [1.807, 2.05) is 18.2 Å². The number of non-ortho nitro benzene ring substituents is 1. The van der Waals surface area contributed by atoms with Crippen molar-refractivity contribution >= 4 is 28.7 Å². The molecule has 0 bridgehead atoms. The summed E-state index contributed by atoms with van der Waals surface area (Å²) in [6, 6.07) is 13.6. The molecule has 0 N–H and O–H groups in total. The Hall–Kier alpha value is -3.41. The van der Waals surface area contributed by atoms with Gasteiger partial charge >= 0.3 is 0 Å². The maximum atomic E-state index is 13.4. The first-order chi connectivity index (χ1) is 14.3. The van der Waals surface area contributed by atoms with Crippen LogP contribution in [-0.4, -0.2) is 22.2 Å². The second kappa shape index (κ2) is 6.29. The van der Waals surface area contributed by atoms with Crippen molar-refractivity contribution in [2.75, 3.05) is 0 Å². The largest absolute Gasteiger partial charge is 0.299 e. The van der Waals surface area contributed by atoms with E-state index in [1.165, 1.54) is 12.1 Å². The Labute approximate surface area is 173 Å². The fraction of sp³-hybridized carbons (Fsp3) is 0.292. The molecular formula is C24H20N2O4. The van der Waals surface area contributed by atoms with Gasteiger partial charge in [-0.25, -0.2) is 0 Å². The molecule has 1 saturated carbocycles. The van der Waals surface area contributed by atoms with Crippen LogP contribution < -0.4 is 0 Å². The molecule has 2 aromatic carbocycles. The van der Waals surface area contributed by atoms with E-state index < -0.39 is 16.8 Å². The quantitative estimate of drug-likeness (QED) is 0.538. The first kappa shape index (κ1) is 18.6. The van der Waals surface area contributed by atoms with Gasteiger partial charge < -0.3 is 0 Å². The Morgan fingerprint density at radius 3 is 2.30 bits per heavy atom. The lowest BCUT2D eigenvalue weighted by molar-refractivity contribution is -0.384. The zero-order valence-corrected chi connectivity index (χ0v) is 16.7. The van der Waals surface area contributed by atoms with Crippen LogP contribution in [0.15, 0.2) is 59.1 Å². The number of benzene rings is 2. The summed E-state index contributed by atoms with van der Waals surface area (Å²) in [5.41, 5.74) is 3.92. The molecule has 3 aliphatic rings. The van der Waals surface area contributed by atoms with Crippen molar-refractivity contribution in [3.8, 4) is 0 Å². The Kier molecular flexibility index (Phi) is 3.90. The summed E-state index contributed by atoms with van der Waals surface area (Å²) in [6.07, 6.45) is 1.10. The summed E-state index contributed by atoms with van der Waals surface area (Å²) in [7, 11) is 0. The number of nitro groups is 1. The van der Waals surface area contributed by atoms with Gasteiger partial charge in [0.1, 0.15) is 5.78 Å². The third kappa shape index (κ3) is 2.67. The number of nitrogens with zero attached hydrogens (tertiary/aromatic N) is 2. The van der Waals surface area contributed by atoms with Crippen LogP contribution in [-0.2, 0) is 4.79 Å². The van der Waals surface area contributed by atoms with Crippen LogP contribution in [0.3, 0.4) is 0 Å². The highest BCUT2D eigenvalue weighted by atomic mass is 16.6. The molecule has 1 unspecified atom stereocenters. The molecule has 150 valence electrons. The summed E-state index contributed by atoms with van der Waals surface area (Å²) in [5.74, 6) is -1.01. The highest BCUT2D eigenvalue weighted by molar-refractivity contribution is 6.25. The van der Waals surface area contributed by atoms with E-state index in [0.717, 1.165) is 16.8 Å². The van der Waals surface area contributed by atoms with Crippen LogP contribution in [0.1, 0.15) is 54.1 Å². The van der Waals surface area contributed by atoms with Gasteiger partial charge in [0, 0.05) is 46.9 Å². The SMILES string of the molecule is CC1(C)CC(=O)C2C(=NC3=C(C(=O)c4ccccc43)[C@@H]2c2ccc([N+](=O)[O-])cc2)C1. The highest BCUT2D eigenvalue weighted by Gasteiger charge is 2.50. The van der Waals surface area contributed by atoms with E-state index >= 15 is 0 Å². The van der Waals surface area contributed by atoms with E-state index in [2.05, 4.69) is 13.8 Å². The van der Waals surface area contributed by atoms with Crippen molar-refractivity contribution in [3.63, 3.8) is 0 Å². The van der Waals surface area contributed by atoms with Gasteiger partial charge in [-0.3, -0.25) is 24.7 Å². The first-order valence-corrected chi connectivity index (χ1v) is 10.00. The highest BCUT2D eigenvalue weighted by Crippen LogP contribution is 2.52. The minimum absolute atomic E-state index is 0.0187. The summed E-state index contributed by atoms with van der Waals surface area (Å²) >= 11 is 0. The number of allylic oxidation sites excluding steroid dienone is 1. The molecule has 0 spiro atoms. The number of Topliss-reactive ketones (excluding diaryl/α,β-unsaturated/α-hetero) is 2. The van der Waals surface area contributed by atoms with Crippen LogP contribution in [0, 0.1) is 21.4 Å². The summed E-state index contributed by atoms with van der Waals surface area (Å²) < 4.78 is 0. The number of nitro benzene ring substituents is 1. The maximum Gasteiger partial charge on any atom is 0.269 e. The third-order valence-corrected chi connectivity index (χ3v) is 6.31. The Bertz CT molecular complexity index is 1190. The molecule has 1 heterocycles. The third-order valence-electron chi connectivity index (χ3n) is 6.31. The molecule has 2 aliphatic carbocycles. The molecule has 5 rings (SSSR count). The summed E-state index contributed by atoms with van der Waals surface area (Å²) in [4.78, 5) is 42.1. The molecule has 6 nitrogen and oxygen atoms in total. The fourth-order valence-corrected chi connectivity index (χ4v) is 5.08. The van der Waals surface area contributed by atoms with Crippen molar-refractivity contribution in [2.45, 2.75) is 32.6 Å². The number of hydrogen-bond donors (Lipinski definition) is 0. The Morgan fingerprint density at radius 2 is 1.63 bits per heavy atom. The average molecular weight is 400 g/mol. The molecule has 6 heteroatoms. The smallest absolute Gasteiger partial charge is 0.269 e. The standard InChI is InChI=1S/C24H20N2O4/c1-24(2)11-17-20(18(27)12-24)19(13-7-9-14(10-8-13)26(29)30)21-22(25-17)15-5-3-4-6-16(15)23(21)28/h3-10,19-20H,11-12H2,1-2H3/t19-,20?/m1/s1. The number of hydrogen-bond acceptors (Lipinski definition) is 5. The zero-order valence-electron chi connectivity index (χ0n) is 16.7. The van der Waals surface area contributed by atoms with Crippen LogP contribution in [0.4, 0.5) is 5.69 Å². The van der Waals surface area contributed by atoms with Crippen molar-refractivity contribution in [2.24, 2.45) is 16.3 Å². The molecule has 1 fully saturated rings. The van der Waals surface area contributed by atoms with E-state index in [0.29, 0.717) is 29.7 Å². The van der Waals surface area contributed by atoms with Crippen LogP contribution >= 0.6 is 0 Å². The van der Waals surface area contributed by atoms with Gasteiger partial charge in [0.05, 0.1) is 16.5 Å². The van der Waals surface area contributed by atoms with Crippen LogP contribution in [0.25, 0.3) is 5.70 Å². The molecule has 0 radical (unpaired) electrons. The maximum absolute atomic E-state index is 13.4. The first-order valence-electron chi connectivity index (χ1n) is 10.00. The summed E-state index contributed by atoms with van der Waals surface area (Å²) in [5, 5.41) is 11.1. The van der Waals surface area contributed by atoms with Crippen LogP contribution in [0.5, 0.6) is 0 Å². The molecule has 2 atom stereocenters. The van der Waals surface area contributed by atoms with Gasteiger partial charge in [-0.2, -0.15) is 0 Å². The number of carbonyl (C=O) groups excluding carboxylic acids is 2.